The van der Waals surface area contributed by atoms with Crippen molar-refractivity contribution in [2.75, 3.05) is 13.2 Å². The van der Waals surface area contributed by atoms with Gasteiger partial charge >= 0.3 is 5.97 Å². The molecule has 6 heteroatoms. The minimum absolute atomic E-state index is 0.00966. The first-order valence-corrected chi connectivity index (χ1v) is 28.9. The highest BCUT2D eigenvalue weighted by atomic mass is 16.5. The van der Waals surface area contributed by atoms with Gasteiger partial charge in [0.1, 0.15) is 0 Å². The van der Waals surface area contributed by atoms with Crippen molar-refractivity contribution in [1.29, 1.82) is 0 Å². The van der Waals surface area contributed by atoms with E-state index in [2.05, 4.69) is 55.6 Å². The van der Waals surface area contributed by atoms with Crippen LogP contribution in [0.1, 0.15) is 296 Å². The van der Waals surface area contributed by atoms with E-state index in [0.29, 0.717) is 19.4 Å². The molecule has 386 valence electrons. The van der Waals surface area contributed by atoms with Crippen LogP contribution in [0.5, 0.6) is 0 Å². The fraction of sp³-hybridized carbons (Fsp3) is 0.833. The van der Waals surface area contributed by atoms with Gasteiger partial charge < -0.3 is 20.3 Å². The molecule has 0 saturated heterocycles. The maximum absolute atomic E-state index is 12.4. The van der Waals surface area contributed by atoms with E-state index in [1.165, 1.54) is 212 Å². The maximum atomic E-state index is 12.4. The van der Waals surface area contributed by atoms with Crippen LogP contribution < -0.4 is 5.32 Å². The Balaban J connectivity index is 3.47. The highest BCUT2D eigenvalue weighted by Gasteiger charge is 2.18. The number of carbonyl (C=O) groups excluding carboxylic acids is 2. The van der Waals surface area contributed by atoms with Crippen LogP contribution >= 0.6 is 0 Å². The number of ether oxygens (including phenoxy) is 1. The van der Waals surface area contributed by atoms with Crippen LogP contribution in [0.25, 0.3) is 0 Å². The zero-order valence-electron chi connectivity index (χ0n) is 43.9. The first-order valence-electron chi connectivity index (χ1n) is 28.9. The summed E-state index contributed by atoms with van der Waals surface area (Å²) in [5, 5.41) is 23.1. The number of rotatable bonds is 53. The molecule has 0 aliphatic heterocycles. The van der Waals surface area contributed by atoms with Gasteiger partial charge in [-0.3, -0.25) is 9.59 Å². The number of unbranched alkanes of at least 4 members (excludes halogenated alkanes) is 36. The minimum Gasteiger partial charge on any atom is -0.466 e. The van der Waals surface area contributed by atoms with Crippen molar-refractivity contribution in [3.8, 4) is 0 Å². The number of hydrogen-bond acceptors (Lipinski definition) is 5. The summed E-state index contributed by atoms with van der Waals surface area (Å²) in [6.45, 7) is 4.85. The summed E-state index contributed by atoms with van der Waals surface area (Å²) in [4.78, 5) is 24.5. The van der Waals surface area contributed by atoms with Crippen LogP contribution in [0.2, 0.25) is 0 Å². The third kappa shape index (κ3) is 51.2. The molecule has 2 atom stereocenters. The molecule has 0 fully saturated rings. The molecule has 0 aromatic rings. The number of esters is 1. The lowest BCUT2D eigenvalue weighted by molar-refractivity contribution is -0.143. The molecular formula is C60H111NO5. The standard InChI is InChI=1S/C60H111NO5/c1-3-5-7-9-11-13-15-17-25-28-32-36-40-44-48-52-58(63)57(56-62)61-59(64)53-49-45-41-37-33-29-26-23-21-19-20-22-24-27-31-35-39-43-47-51-55-66-60(65)54-50-46-42-38-34-30-18-16-14-12-10-8-6-4-2/h10,12,16,18-19,21,48,52,57-58,62-63H,3-9,11,13-15,17,20,22-47,49-51,53-56H2,1-2H3,(H,61,64)/b12-10-,18-16-,21-19-,52-48+. The summed E-state index contributed by atoms with van der Waals surface area (Å²) in [6.07, 6.45) is 69.8. The lowest BCUT2D eigenvalue weighted by Crippen LogP contribution is -2.45. The molecule has 0 heterocycles. The minimum atomic E-state index is -0.850. The molecule has 2 unspecified atom stereocenters. The maximum Gasteiger partial charge on any atom is 0.305 e. The molecule has 0 saturated carbocycles. The largest absolute Gasteiger partial charge is 0.466 e. The van der Waals surface area contributed by atoms with E-state index in [9.17, 15) is 19.8 Å². The second kappa shape index (κ2) is 55.4. The summed E-state index contributed by atoms with van der Waals surface area (Å²) in [5.74, 6) is -0.0866. The number of aliphatic hydroxyl groups is 2. The Labute approximate surface area is 410 Å². The summed E-state index contributed by atoms with van der Waals surface area (Å²) >= 11 is 0. The zero-order valence-corrected chi connectivity index (χ0v) is 43.9. The normalized spacial score (nSPS) is 13.0. The van der Waals surface area contributed by atoms with Crippen molar-refractivity contribution in [3.05, 3.63) is 48.6 Å². The van der Waals surface area contributed by atoms with E-state index in [4.69, 9.17) is 4.74 Å². The molecule has 0 rings (SSSR count). The van der Waals surface area contributed by atoms with E-state index in [-0.39, 0.29) is 18.5 Å². The van der Waals surface area contributed by atoms with Crippen molar-refractivity contribution >= 4 is 11.9 Å². The number of aliphatic hydroxyl groups excluding tert-OH is 2. The van der Waals surface area contributed by atoms with Gasteiger partial charge in [0, 0.05) is 12.8 Å². The molecule has 0 aliphatic rings. The van der Waals surface area contributed by atoms with Crippen molar-refractivity contribution in [2.45, 2.75) is 309 Å². The molecule has 0 aliphatic carbocycles. The first kappa shape index (κ1) is 63.8. The second-order valence-corrected chi connectivity index (χ2v) is 19.6. The van der Waals surface area contributed by atoms with Gasteiger partial charge in [-0.25, -0.2) is 0 Å². The van der Waals surface area contributed by atoms with Gasteiger partial charge in [0.2, 0.25) is 5.91 Å². The van der Waals surface area contributed by atoms with Gasteiger partial charge in [0.25, 0.3) is 0 Å². The monoisotopic (exact) mass is 926 g/mol. The SMILES string of the molecule is CCCC/C=C\C/C=C\CCCCCCCC(=O)OCCCCCCCCCCC/C=C\CCCCCCCCCC(=O)NC(CO)C(O)/C=C/CCCCCCCCCCCCCCC. The van der Waals surface area contributed by atoms with Crippen molar-refractivity contribution in [1.82, 2.24) is 5.32 Å². The highest BCUT2D eigenvalue weighted by molar-refractivity contribution is 5.76. The van der Waals surface area contributed by atoms with Crippen LogP contribution in [0, 0.1) is 0 Å². The second-order valence-electron chi connectivity index (χ2n) is 19.6. The van der Waals surface area contributed by atoms with Gasteiger partial charge in [0.15, 0.2) is 0 Å². The smallest absolute Gasteiger partial charge is 0.305 e. The summed E-state index contributed by atoms with van der Waals surface area (Å²) in [6, 6.07) is -0.635. The molecule has 1 amide bonds. The summed E-state index contributed by atoms with van der Waals surface area (Å²) in [7, 11) is 0. The Hall–Kier alpha value is -2.18. The lowest BCUT2D eigenvalue weighted by Gasteiger charge is -2.20. The van der Waals surface area contributed by atoms with Gasteiger partial charge in [-0.2, -0.15) is 0 Å². The Morgan fingerprint density at radius 2 is 0.773 bits per heavy atom. The average Bonchev–Trinajstić information content (AvgIpc) is 3.32. The summed E-state index contributed by atoms with van der Waals surface area (Å²) in [5.41, 5.74) is 0. The van der Waals surface area contributed by atoms with E-state index in [0.717, 1.165) is 57.8 Å². The van der Waals surface area contributed by atoms with E-state index in [1.54, 1.807) is 6.08 Å². The fourth-order valence-corrected chi connectivity index (χ4v) is 8.59. The number of nitrogens with one attached hydrogen (secondary N) is 1. The summed E-state index contributed by atoms with van der Waals surface area (Å²) < 4.78 is 5.46. The Bertz CT molecular complexity index is 1110. The third-order valence-electron chi connectivity index (χ3n) is 13.1. The first-order chi connectivity index (χ1) is 32.5. The molecule has 66 heavy (non-hydrogen) atoms. The van der Waals surface area contributed by atoms with Crippen molar-refractivity contribution in [2.24, 2.45) is 0 Å². The topological polar surface area (TPSA) is 95.9 Å². The Kier molecular flexibility index (Phi) is 53.6. The lowest BCUT2D eigenvalue weighted by atomic mass is 10.0. The van der Waals surface area contributed by atoms with Crippen LogP contribution in [0.3, 0.4) is 0 Å². The van der Waals surface area contributed by atoms with Gasteiger partial charge in [-0.1, -0.05) is 249 Å². The number of allylic oxidation sites excluding steroid dienone is 7. The van der Waals surface area contributed by atoms with Crippen molar-refractivity contribution < 1.29 is 24.5 Å². The number of amides is 1. The number of hydrogen-bond donors (Lipinski definition) is 3. The Morgan fingerprint density at radius 1 is 0.424 bits per heavy atom. The Morgan fingerprint density at radius 3 is 1.21 bits per heavy atom. The molecule has 0 spiro atoms. The highest BCUT2D eigenvalue weighted by Crippen LogP contribution is 2.16. The van der Waals surface area contributed by atoms with Gasteiger partial charge in [0.05, 0.1) is 25.4 Å². The van der Waals surface area contributed by atoms with E-state index >= 15 is 0 Å². The average molecular weight is 927 g/mol. The van der Waals surface area contributed by atoms with Crippen LogP contribution in [-0.4, -0.2) is 47.4 Å². The quantitative estimate of drug-likeness (QED) is 0.0321. The molecule has 0 aromatic heterocycles. The van der Waals surface area contributed by atoms with E-state index < -0.39 is 12.1 Å². The molecule has 0 radical (unpaired) electrons. The third-order valence-corrected chi connectivity index (χ3v) is 13.1. The van der Waals surface area contributed by atoms with Gasteiger partial charge in [-0.05, 0) is 83.5 Å². The van der Waals surface area contributed by atoms with Crippen LogP contribution in [0.15, 0.2) is 48.6 Å². The molecule has 0 aromatic carbocycles. The van der Waals surface area contributed by atoms with Crippen molar-refractivity contribution in [3.63, 3.8) is 0 Å². The zero-order chi connectivity index (χ0) is 47.9. The number of carbonyl (C=O) groups is 2. The molecule has 3 N–H and O–H groups in total. The predicted octanol–water partition coefficient (Wildman–Crippen LogP) is 17.8. The van der Waals surface area contributed by atoms with Crippen LogP contribution in [-0.2, 0) is 14.3 Å². The van der Waals surface area contributed by atoms with Gasteiger partial charge in [-0.15, -0.1) is 0 Å². The molecule has 6 nitrogen and oxygen atoms in total. The molecule has 0 bridgehead atoms. The fourth-order valence-electron chi connectivity index (χ4n) is 8.59. The van der Waals surface area contributed by atoms with E-state index in [1.807, 2.05) is 6.08 Å². The molecular weight excluding hydrogens is 815 g/mol. The predicted molar refractivity (Wildman–Crippen MR) is 287 cm³/mol. The van der Waals surface area contributed by atoms with Crippen LogP contribution in [0.4, 0.5) is 0 Å².